The smallest absolute Gasteiger partial charge is 0.375 e. The van der Waals surface area contributed by atoms with E-state index in [4.69, 9.17) is 18.6 Å². The molecule has 1 atom stereocenters. The zero-order valence-electron chi connectivity index (χ0n) is 14.8. The van der Waals surface area contributed by atoms with Gasteiger partial charge in [-0.1, -0.05) is 12.1 Å². The normalized spacial score (nSPS) is 13.2. The molecule has 0 fully saturated rings. The average molecular weight is 381 g/mol. The van der Waals surface area contributed by atoms with Crippen LogP contribution in [-0.4, -0.2) is 24.8 Å². The van der Waals surface area contributed by atoms with Crippen LogP contribution in [0.2, 0.25) is 0 Å². The first-order chi connectivity index (χ1) is 13.5. The molecule has 0 spiro atoms. The predicted molar refractivity (Wildman–Crippen MR) is 98.6 cm³/mol. The zero-order valence-corrected chi connectivity index (χ0v) is 14.8. The monoisotopic (exact) mass is 381 g/mol. The van der Waals surface area contributed by atoms with E-state index in [2.05, 4.69) is 5.32 Å². The van der Waals surface area contributed by atoms with E-state index in [0.29, 0.717) is 22.6 Å². The summed E-state index contributed by atoms with van der Waals surface area (Å²) in [6.45, 7) is 1.54. The van der Waals surface area contributed by atoms with E-state index in [-0.39, 0.29) is 23.6 Å². The maximum atomic E-state index is 12.3. The minimum absolute atomic E-state index is 0.123. The van der Waals surface area contributed by atoms with Gasteiger partial charge in [-0.3, -0.25) is 9.59 Å². The zero-order chi connectivity index (χ0) is 19.7. The van der Waals surface area contributed by atoms with Crippen LogP contribution in [0.15, 0.2) is 57.7 Å². The summed E-state index contributed by atoms with van der Waals surface area (Å²) in [5, 5.41) is 2.98. The van der Waals surface area contributed by atoms with Gasteiger partial charge in [0.2, 0.25) is 12.6 Å². The summed E-state index contributed by atoms with van der Waals surface area (Å²) in [4.78, 5) is 36.7. The van der Waals surface area contributed by atoms with Crippen molar-refractivity contribution >= 4 is 28.5 Å². The van der Waals surface area contributed by atoms with Crippen LogP contribution in [0.4, 0.5) is 5.69 Å². The SMILES string of the molecule is C[C@H](OC(=O)c1cc(=O)c2ccccc2o1)C(=O)Nc1ccc2c(c1)OCO2. The third-order valence-electron chi connectivity index (χ3n) is 4.13. The highest BCUT2D eigenvalue weighted by Crippen LogP contribution is 2.34. The Morgan fingerprint density at radius 2 is 1.86 bits per heavy atom. The predicted octanol–water partition coefficient (Wildman–Crippen LogP) is 2.71. The summed E-state index contributed by atoms with van der Waals surface area (Å²) in [6.07, 6.45) is -1.12. The topological polar surface area (TPSA) is 104 Å². The number of hydrogen-bond acceptors (Lipinski definition) is 7. The number of carbonyl (C=O) groups is 2. The molecule has 8 nitrogen and oxygen atoms in total. The number of benzene rings is 2. The molecule has 0 aliphatic carbocycles. The lowest BCUT2D eigenvalue weighted by Gasteiger charge is -2.13. The van der Waals surface area contributed by atoms with Crippen molar-refractivity contribution in [2.75, 3.05) is 12.1 Å². The number of esters is 1. The van der Waals surface area contributed by atoms with E-state index in [1.165, 1.54) is 6.92 Å². The Bertz CT molecular complexity index is 1130. The second-order valence-corrected chi connectivity index (χ2v) is 6.08. The van der Waals surface area contributed by atoms with E-state index in [1.54, 1.807) is 42.5 Å². The second-order valence-electron chi connectivity index (χ2n) is 6.08. The molecule has 28 heavy (non-hydrogen) atoms. The van der Waals surface area contributed by atoms with Crippen molar-refractivity contribution in [3.63, 3.8) is 0 Å². The highest BCUT2D eigenvalue weighted by atomic mass is 16.7. The van der Waals surface area contributed by atoms with E-state index >= 15 is 0 Å². The lowest BCUT2D eigenvalue weighted by atomic mass is 10.2. The van der Waals surface area contributed by atoms with Gasteiger partial charge in [0.1, 0.15) is 5.58 Å². The van der Waals surface area contributed by atoms with Gasteiger partial charge in [-0.25, -0.2) is 4.79 Å². The Morgan fingerprint density at radius 3 is 2.71 bits per heavy atom. The third-order valence-corrected chi connectivity index (χ3v) is 4.13. The third kappa shape index (κ3) is 3.39. The molecule has 1 amide bonds. The van der Waals surface area contributed by atoms with Crippen LogP contribution in [0.3, 0.4) is 0 Å². The minimum Gasteiger partial charge on any atom is -0.454 e. The van der Waals surface area contributed by atoms with Gasteiger partial charge in [0.15, 0.2) is 23.0 Å². The molecule has 0 bridgehead atoms. The fourth-order valence-corrected chi connectivity index (χ4v) is 2.69. The number of anilines is 1. The molecule has 1 aromatic heterocycles. The van der Waals surface area contributed by atoms with Crippen LogP contribution in [0.25, 0.3) is 11.0 Å². The number of nitrogens with one attached hydrogen (secondary N) is 1. The van der Waals surface area contributed by atoms with Crippen LogP contribution in [0, 0.1) is 0 Å². The molecule has 2 aromatic carbocycles. The summed E-state index contributed by atoms with van der Waals surface area (Å²) < 4.78 is 21.0. The number of ether oxygens (including phenoxy) is 3. The van der Waals surface area contributed by atoms with Crippen molar-refractivity contribution < 1.29 is 28.2 Å². The Hall–Kier alpha value is -3.81. The minimum atomic E-state index is -1.12. The average Bonchev–Trinajstić information content (AvgIpc) is 3.15. The van der Waals surface area contributed by atoms with Crippen molar-refractivity contribution in [2.45, 2.75) is 13.0 Å². The molecule has 4 rings (SSSR count). The summed E-state index contributed by atoms with van der Waals surface area (Å²) in [5.41, 5.74) is 0.361. The number of rotatable bonds is 4. The molecule has 1 aliphatic heterocycles. The highest BCUT2D eigenvalue weighted by Gasteiger charge is 2.22. The summed E-state index contributed by atoms with van der Waals surface area (Å²) in [7, 11) is 0. The van der Waals surface area contributed by atoms with E-state index in [9.17, 15) is 14.4 Å². The van der Waals surface area contributed by atoms with E-state index in [1.807, 2.05) is 0 Å². The van der Waals surface area contributed by atoms with Gasteiger partial charge in [0, 0.05) is 17.8 Å². The van der Waals surface area contributed by atoms with Crippen LogP contribution < -0.4 is 20.2 Å². The van der Waals surface area contributed by atoms with Gasteiger partial charge in [-0.2, -0.15) is 0 Å². The molecule has 0 saturated heterocycles. The van der Waals surface area contributed by atoms with E-state index in [0.717, 1.165) is 6.07 Å². The largest absolute Gasteiger partial charge is 0.454 e. The van der Waals surface area contributed by atoms with Crippen molar-refractivity contribution in [3.05, 3.63) is 64.5 Å². The van der Waals surface area contributed by atoms with Crippen molar-refractivity contribution in [3.8, 4) is 11.5 Å². The summed E-state index contributed by atoms with van der Waals surface area (Å²) in [5.74, 6) is -0.623. The molecule has 1 N–H and O–H groups in total. The maximum absolute atomic E-state index is 12.3. The standard InChI is InChI=1S/C20H15NO7/c1-11(19(23)21-12-6-7-16-17(8-12)26-10-25-16)27-20(24)18-9-14(22)13-4-2-3-5-15(13)28-18/h2-9,11H,10H2,1H3,(H,21,23)/t11-/m0/s1. The molecule has 8 heteroatoms. The quantitative estimate of drug-likeness (QED) is 0.693. The van der Waals surface area contributed by atoms with Crippen LogP contribution >= 0.6 is 0 Å². The first-order valence-electron chi connectivity index (χ1n) is 8.45. The fraction of sp³-hybridized carbons (Fsp3) is 0.150. The highest BCUT2D eigenvalue weighted by molar-refractivity contribution is 5.97. The van der Waals surface area contributed by atoms with E-state index < -0.39 is 18.0 Å². The number of para-hydroxylation sites is 1. The molecule has 142 valence electrons. The first kappa shape index (κ1) is 17.6. The van der Waals surface area contributed by atoms with Crippen molar-refractivity contribution in [1.29, 1.82) is 0 Å². The maximum Gasteiger partial charge on any atom is 0.375 e. The molecular weight excluding hydrogens is 366 g/mol. The summed E-state index contributed by atoms with van der Waals surface area (Å²) >= 11 is 0. The first-order valence-corrected chi connectivity index (χ1v) is 8.45. The summed E-state index contributed by atoms with van der Waals surface area (Å²) in [6, 6.07) is 12.5. The van der Waals surface area contributed by atoms with Gasteiger partial charge in [-0.15, -0.1) is 0 Å². The van der Waals surface area contributed by atoms with Gasteiger partial charge in [0.25, 0.3) is 5.91 Å². The van der Waals surface area contributed by atoms with Crippen LogP contribution in [0.1, 0.15) is 17.5 Å². The molecule has 2 heterocycles. The molecule has 0 radical (unpaired) electrons. The molecule has 1 aliphatic rings. The Balaban J connectivity index is 1.45. The molecule has 3 aromatic rings. The van der Waals surface area contributed by atoms with Gasteiger partial charge >= 0.3 is 5.97 Å². The number of fused-ring (bicyclic) bond motifs is 2. The number of amides is 1. The van der Waals surface area contributed by atoms with Crippen LogP contribution in [-0.2, 0) is 9.53 Å². The van der Waals surface area contributed by atoms with Gasteiger partial charge in [-0.05, 0) is 31.2 Å². The molecular formula is C20H15NO7. The van der Waals surface area contributed by atoms with Crippen molar-refractivity contribution in [2.24, 2.45) is 0 Å². The Kier molecular flexibility index (Phi) is 4.44. The van der Waals surface area contributed by atoms with Gasteiger partial charge in [0.05, 0.1) is 5.39 Å². The Labute approximate surface area is 158 Å². The lowest BCUT2D eigenvalue weighted by Crippen LogP contribution is -2.30. The molecule has 0 unspecified atom stereocenters. The molecule has 0 saturated carbocycles. The lowest BCUT2D eigenvalue weighted by molar-refractivity contribution is -0.123. The Morgan fingerprint density at radius 1 is 1.07 bits per heavy atom. The van der Waals surface area contributed by atoms with Crippen LogP contribution in [0.5, 0.6) is 11.5 Å². The van der Waals surface area contributed by atoms with Gasteiger partial charge < -0.3 is 23.9 Å². The number of hydrogen-bond donors (Lipinski definition) is 1. The number of carbonyl (C=O) groups excluding carboxylic acids is 2. The second kappa shape index (κ2) is 7.07. The van der Waals surface area contributed by atoms with Crippen molar-refractivity contribution in [1.82, 2.24) is 0 Å². The fourth-order valence-electron chi connectivity index (χ4n) is 2.69.